The van der Waals surface area contributed by atoms with Crippen molar-refractivity contribution in [3.05, 3.63) is 0 Å². The summed E-state index contributed by atoms with van der Waals surface area (Å²) >= 11 is 0. The van der Waals surface area contributed by atoms with Crippen LogP contribution in [0.4, 0.5) is 0 Å². The summed E-state index contributed by atoms with van der Waals surface area (Å²) in [7, 11) is 1.00. The number of esters is 1. The third kappa shape index (κ3) is 185. The quantitative estimate of drug-likeness (QED) is 0.0341. The first-order valence-corrected chi connectivity index (χ1v) is 15.1. The van der Waals surface area contributed by atoms with E-state index in [1.54, 1.807) is 0 Å². The second kappa shape index (κ2) is 65.1. The molecule has 0 saturated heterocycles. The van der Waals surface area contributed by atoms with Crippen molar-refractivity contribution in [3.63, 3.8) is 0 Å². The molecular weight excluding hydrogens is 836 g/mol. The summed E-state index contributed by atoms with van der Waals surface area (Å²) in [5.74, 6) is -10.1. The fraction of sp³-hybridized carbons (Fsp3) is 0.645. The van der Waals surface area contributed by atoms with Crippen molar-refractivity contribution in [2.24, 2.45) is 0 Å². The fourth-order valence-corrected chi connectivity index (χ4v) is 1.54. The maximum absolute atomic E-state index is 10.1. The van der Waals surface area contributed by atoms with Gasteiger partial charge < -0.3 is 81.5 Å². The zero-order chi connectivity index (χ0) is 47.8. The average molecular weight is 901 g/mol. The lowest BCUT2D eigenvalue weighted by Gasteiger charge is -2.16. The van der Waals surface area contributed by atoms with Crippen LogP contribution in [0.25, 0.3) is 0 Å². The third-order valence-corrected chi connectivity index (χ3v) is 3.88. The van der Waals surface area contributed by atoms with Gasteiger partial charge in [-0.3, -0.25) is 53.7 Å². The molecule has 0 fully saturated rings. The monoisotopic (exact) mass is 900 g/mol. The van der Waals surface area contributed by atoms with Gasteiger partial charge in [-0.1, -0.05) is 7.43 Å². The summed E-state index contributed by atoms with van der Waals surface area (Å²) in [6.45, 7) is 5.95. The molecule has 0 aliphatic carbocycles. The minimum absolute atomic E-state index is 0. The minimum Gasteiger partial charge on any atom is -0.481 e. The lowest BCUT2D eigenvalue weighted by molar-refractivity contribution is -0.386. The molecule has 0 heterocycles. The van der Waals surface area contributed by atoms with E-state index >= 15 is 0 Å². The van der Waals surface area contributed by atoms with Crippen LogP contribution in [0.5, 0.6) is 0 Å². The first-order chi connectivity index (χ1) is 26.0. The number of hydrogen-bond donors (Lipinski definition) is 14. The normalized spacial score (nSPS) is 8.87. The molecule has 0 aliphatic heterocycles. The number of aliphatic hydroxyl groups excluding tert-OH is 2. The first kappa shape index (κ1) is 86.1. The number of carboxylic acid groups (broad SMARTS) is 8. The Balaban J connectivity index is -0.0000000442. The number of aliphatic hydroxyl groups is 3. The Morgan fingerprint density at radius 1 is 0.483 bits per heavy atom. The number of rotatable bonds is 18. The molecule has 0 aromatic heterocycles. The van der Waals surface area contributed by atoms with Crippen LogP contribution >= 0.6 is 0 Å². The number of carbonyl (C=O) groups excluding carboxylic acids is 3. The molecule has 0 aliphatic rings. The Morgan fingerprint density at radius 3 is 0.850 bits per heavy atom. The van der Waals surface area contributed by atoms with Gasteiger partial charge in [0.05, 0.1) is 51.6 Å². The van der Waals surface area contributed by atoms with Crippen molar-refractivity contribution < 1.29 is 145 Å². The summed E-state index contributed by atoms with van der Waals surface area (Å²) in [5.41, 5.74) is 0. The average Bonchev–Trinajstić information content (AvgIpc) is 3.07. The molecule has 1 atom stereocenters. The van der Waals surface area contributed by atoms with Crippen molar-refractivity contribution >= 4 is 65.3 Å². The van der Waals surface area contributed by atoms with Gasteiger partial charge >= 0.3 is 47.8 Å². The second-order valence-electron chi connectivity index (χ2n) is 9.51. The molecule has 0 spiro atoms. The molecule has 0 rings (SSSR count). The van der Waals surface area contributed by atoms with Crippen LogP contribution in [-0.4, -0.2) is 174 Å². The molecule has 0 aromatic rings. The summed E-state index contributed by atoms with van der Waals surface area (Å²) in [6.07, 6.45) is -1.05. The number of ketones is 2. The highest BCUT2D eigenvalue weighted by Crippen LogP contribution is 2.11. The van der Waals surface area contributed by atoms with E-state index in [0.29, 0.717) is 0 Å². The van der Waals surface area contributed by atoms with E-state index in [1.807, 2.05) is 0 Å². The van der Waals surface area contributed by atoms with Gasteiger partial charge in [-0.25, -0.2) is 10.1 Å². The van der Waals surface area contributed by atoms with Gasteiger partial charge in [-0.05, 0) is 20.8 Å². The van der Waals surface area contributed by atoms with Crippen molar-refractivity contribution in [2.75, 3.05) is 20.3 Å². The summed E-state index contributed by atoms with van der Waals surface area (Å²) in [6, 6.07) is 0. The van der Waals surface area contributed by atoms with E-state index in [0.717, 1.165) is 14.0 Å². The zero-order valence-electron chi connectivity index (χ0n) is 33.1. The van der Waals surface area contributed by atoms with Crippen molar-refractivity contribution in [1.82, 2.24) is 0 Å². The number of carboxylic acids is 8. The molecule has 0 aromatic carbocycles. The second-order valence-corrected chi connectivity index (χ2v) is 9.51. The molecule has 18 N–H and O–H groups in total. The predicted octanol–water partition coefficient (Wildman–Crippen LogP) is -0.953. The molecule has 0 radical (unpaired) electrons. The molecule has 29 nitrogen and oxygen atoms in total. The molecule has 1 unspecified atom stereocenters. The van der Waals surface area contributed by atoms with Crippen molar-refractivity contribution in [2.45, 2.75) is 112 Å². The Kier molecular flexibility index (Phi) is 93.4. The van der Waals surface area contributed by atoms with E-state index in [-0.39, 0.29) is 107 Å². The lowest BCUT2D eigenvalue weighted by atomic mass is 10.2. The van der Waals surface area contributed by atoms with Crippen LogP contribution in [0.15, 0.2) is 0 Å². The SMILES string of the molecule is C.CC(=O)CCC(=O)O.CC(=O)CCC(=O)O.CC(=O)O.CC(=O)OCCC(=O)O.CC(O)(CCC(=O)O)OO.CO.O.O.O=C(O)CCC(=O)O.O=C(O)CCO.OO. The largest absolute Gasteiger partial charge is 0.481 e. The van der Waals surface area contributed by atoms with E-state index in [4.69, 9.17) is 76.7 Å². The number of ether oxygens (including phenoxy) is 1. The van der Waals surface area contributed by atoms with Gasteiger partial charge in [0.1, 0.15) is 18.2 Å². The van der Waals surface area contributed by atoms with E-state index in [2.05, 4.69) is 9.62 Å². The van der Waals surface area contributed by atoms with Gasteiger partial charge in [0.15, 0.2) is 5.79 Å². The number of carbonyl (C=O) groups is 11. The summed E-state index contributed by atoms with van der Waals surface area (Å²) < 4.78 is 4.33. The fourth-order valence-electron chi connectivity index (χ4n) is 1.54. The molecule has 362 valence electrons. The smallest absolute Gasteiger partial charge is 0.306 e. The summed E-state index contributed by atoms with van der Waals surface area (Å²) in [5, 5.41) is 107. The molecule has 0 saturated carbocycles. The van der Waals surface area contributed by atoms with Gasteiger partial charge in [-0.2, -0.15) is 0 Å². The maximum atomic E-state index is 10.1. The van der Waals surface area contributed by atoms with Crippen molar-refractivity contribution in [1.29, 1.82) is 0 Å². The molecule has 29 heteroatoms. The van der Waals surface area contributed by atoms with Crippen LogP contribution in [0.2, 0.25) is 0 Å². The van der Waals surface area contributed by atoms with Crippen molar-refractivity contribution in [3.8, 4) is 0 Å². The Bertz CT molecular complexity index is 991. The third-order valence-electron chi connectivity index (χ3n) is 3.88. The Morgan fingerprint density at radius 2 is 0.717 bits per heavy atom. The van der Waals surface area contributed by atoms with E-state index < -0.39 is 59.5 Å². The Hall–Kier alpha value is -5.79. The molecular formula is C31H64O29. The van der Waals surface area contributed by atoms with Gasteiger partial charge in [0, 0.05) is 40.2 Å². The van der Waals surface area contributed by atoms with E-state index in [1.165, 1.54) is 27.7 Å². The number of hydrogen-bond acceptors (Lipinski definition) is 19. The topological polar surface area (TPSA) is 552 Å². The minimum atomic E-state index is -1.75. The summed E-state index contributed by atoms with van der Waals surface area (Å²) in [4.78, 5) is 111. The highest BCUT2D eigenvalue weighted by atomic mass is 17.1. The van der Waals surface area contributed by atoms with Gasteiger partial charge in [0.25, 0.3) is 5.97 Å². The highest BCUT2D eigenvalue weighted by Gasteiger charge is 2.21. The highest BCUT2D eigenvalue weighted by molar-refractivity contribution is 5.80. The standard InChI is InChI=1S/C5H10O5.C5H8O4.2C5H8O3.C4H6O4.C3H6O3.C2H4O2.CH4O.CH4.H2O2.2H2O/c1-5(8,10-9)3-2-4(6)7;1-4(6)9-3-2-5(7)8;2*1-4(6)2-3-5(7)8;5-3(6)1-2-4(7)8;4-2-1-3(5)6;1-2(3)4;1-2;;1-2;;/h8-9H,2-3H2,1H3,(H,6,7);2-3H2,1H3,(H,7,8);2*2-3H2,1H3,(H,7,8);1-2H2,(H,5,6)(H,7,8);4H,1-2H2,(H,5,6);1H3,(H,3,4);2H,1H3;1H4;1-2H;2*1H2. The first-order valence-electron chi connectivity index (χ1n) is 15.1. The predicted molar refractivity (Wildman–Crippen MR) is 200 cm³/mol. The maximum Gasteiger partial charge on any atom is 0.306 e. The van der Waals surface area contributed by atoms with Crippen LogP contribution < -0.4 is 0 Å². The van der Waals surface area contributed by atoms with Crippen LogP contribution in [-0.2, 0) is 62.4 Å². The molecule has 0 amide bonds. The lowest BCUT2D eigenvalue weighted by Crippen LogP contribution is -2.27. The molecule has 60 heavy (non-hydrogen) atoms. The van der Waals surface area contributed by atoms with Crippen LogP contribution in [0.3, 0.4) is 0 Å². The van der Waals surface area contributed by atoms with Gasteiger partial charge in [0.2, 0.25) is 0 Å². The Labute approximate surface area is 343 Å². The number of Topliss-reactive ketones (excluding diaryl/α,β-unsaturated/α-hetero) is 2. The molecule has 0 bridgehead atoms. The zero-order valence-corrected chi connectivity index (χ0v) is 33.1. The van der Waals surface area contributed by atoms with Crippen LogP contribution in [0.1, 0.15) is 106 Å². The van der Waals surface area contributed by atoms with Crippen LogP contribution in [0, 0.1) is 0 Å². The van der Waals surface area contributed by atoms with Gasteiger partial charge in [-0.15, -0.1) is 0 Å². The number of aliphatic carboxylic acids is 8. The van der Waals surface area contributed by atoms with E-state index in [9.17, 15) is 47.9 Å².